The van der Waals surface area contributed by atoms with Gasteiger partial charge in [0.1, 0.15) is 0 Å². The largest absolute Gasteiger partial charge is 0.329 e. The Bertz CT molecular complexity index is 495. The van der Waals surface area contributed by atoms with Crippen LogP contribution in [0.25, 0.3) is 0 Å². The number of hydrogen-bond acceptors (Lipinski definition) is 3. The quantitative estimate of drug-likeness (QED) is 0.775. The summed E-state index contributed by atoms with van der Waals surface area (Å²) in [7, 11) is 0. The van der Waals surface area contributed by atoms with E-state index in [2.05, 4.69) is 10.6 Å². The van der Waals surface area contributed by atoms with Crippen LogP contribution in [-0.4, -0.2) is 18.4 Å². The van der Waals surface area contributed by atoms with Crippen molar-refractivity contribution in [3.8, 4) is 0 Å². The number of nitrogens with two attached hydrogens (primary N) is 1. The van der Waals surface area contributed by atoms with Crippen LogP contribution in [0.2, 0.25) is 0 Å². The zero-order chi connectivity index (χ0) is 14.6. The number of nitrogens with one attached hydrogen (secondary N) is 2. The summed E-state index contributed by atoms with van der Waals surface area (Å²) in [6.07, 6.45) is 0. The third-order valence-corrected chi connectivity index (χ3v) is 2.92. The second-order valence-electron chi connectivity index (χ2n) is 5.25. The predicted molar refractivity (Wildman–Crippen MR) is 76.9 cm³/mol. The molecule has 0 bridgehead atoms. The topological polar surface area (TPSA) is 84.2 Å². The third-order valence-electron chi connectivity index (χ3n) is 2.92. The van der Waals surface area contributed by atoms with E-state index in [1.807, 2.05) is 13.0 Å². The normalized spacial score (nSPS) is 11.0. The third kappa shape index (κ3) is 4.06. The van der Waals surface area contributed by atoms with Gasteiger partial charge >= 0.3 is 0 Å². The maximum Gasteiger partial charge on any atom is 0.231 e. The molecule has 0 saturated carbocycles. The summed E-state index contributed by atoms with van der Waals surface area (Å²) in [5.74, 6) is -0.245. The van der Waals surface area contributed by atoms with Gasteiger partial charge in [0.2, 0.25) is 11.8 Å². The molecule has 0 aliphatic carbocycles. The van der Waals surface area contributed by atoms with Crippen molar-refractivity contribution < 1.29 is 9.59 Å². The molecule has 5 heteroatoms. The Kier molecular flexibility index (Phi) is 4.67. The Morgan fingerprint density at radius 3 is 2.37 bits per heavy atom. The fourth-order valence-electron chi connectivity index (χ4n) is 1.46. The maximum absolute atomic E-state index is 12.0. The number of anilines is 2. The van der Waals surface area contributed by atoms with Gasteiger partial charge in [-0.15, -0.1) is 0 Å². The van der Waals surface area contributed by atoms with E-state index >= 15 is 0 Å². The molecule has 2 amide bonds. The van der Waals surface area contributed by atoms with Crippen LogP contribution in [0.1, 0.15) is 26.3 Å². The lowest BCUT2D eigenvalue weighted by Crippen LogP contribution is -2.37. The molecule has 0 atom stereocenters. The second kappa shape index (κ2) is 5.84. The van der Waals surface area contributed by atoms with Crippen LogP contribution in [0, 0.1) is 12.3 Å². The smallest absolute Gasteiger partial charge is 0.231 e. The van der Waals surface area contributed by atoms with Crippen LogP contribution in [0.5, 0.6) is 0 Å². The number of rotatable bonds is 4. The molecule has 0 aromatic heterocycles. The molecule has 0 fully saturated rings. The first kappa shape index (κ1) is 15.2. The lowest BCUT2D eigenvalue weighted by atomic mass is 9.92. The van der Waals surface area contributed by atoms with Crippen molar-refractivity contribution in [2.45, 2.75) is 27.7 Å². The highest BCUT2D eigenvalue weighted by Gasteiger charge is 2.25. The Morgan fingerprint density at radius 1 is 1.26 bits per heavy atom. The number of aryl methyl sites for hydroxylation is 1. The SMILES string of the molecule is CC(=O)Nc1ccc(NC(=O)C(C)(C)CN)cc1C. The Hall–Kier alpha value is -1.88. The van der Waals surface area contributed by atoms with Gasteiger partial charge in [-0.25, -0.2) is 0 Å². The lowest BCUT2D eigenvalue weighted by molar-refractivity contribution is -0.123. The molecule has 0 saturated heterocycles. The van der Waals surface area contributed by atoms with Gasteiger partial charge < -0.3 is 16.4 Å². The maximum atomic E-state index is 12.0. The lowest BCUT2D eigenvalue weighted by Gasteiger charge is -2.21. The number of hydrogen-bond donors (Lipinski definition) is 3. The Morgan fingerprint density at radius 2 is 1.89 bits per heavy atom. The molecule has 0 unspecified atom stereocenters. The number of carbonyl (C=O) groups is 2. The van der Waals surface area contributed by atoms with Crippen molar-refractivity contribution in [2.75, 3.05) is 17.2 Å². The second-order valence-corrected chi connectivity index (χ2v) is 5.25. The van der Waals surface area contributed by atoms with Gasteiger partial charge in [-0.3, -0.25) is 9.59 Å². The van der Waals surface area contributed by atoms with Crippen molar-refractivity contribution in [3.63, 3.8) is 0 Å². The van der Waals surface area contributed by atoms with Crippen LogP contribution >= 0.6 is 0 Å². The minimum absolute atomic E-state index is 0.121. The molecule has 0 heterocycles. The van der Waals surface area contributed by atoms with Crippen molar-refractivity contribution in [2.24, 2.45) is 11.1 Å². The highest BCUT2D eigenvalue weighted by atomic mass is 16.2. The van der Waals surface area contributed by atoms with E-state index in [4.69, 9.17) is 5.73 Å². The highest BCUT2D eigenvalue weighted by molar-refractivity contribution is 5.96. The van der Waals surface area contributed by atoms with Gasteiger partial charge in [0.25, 0.3) is 0 Å². The number of benzene rings is 1. The van der Waals surface area contributed by atoms with Crippen LogP contribution in [0.15, 0.2) is 18.2 Å². The molecule has 0 aliphatic heterocycles. The van der Waals surface area contributed by atoms with E-state index in [1.165, 1.54) is 6.92 Å². The standard InChI is InChI=1S/C14H21N3O2/c1-9-7-11(5-6-12(9)16-10(2)18)17-13(19)14(3,4)8-15/h5-7H,8,15H2,1-4H3,(H,16,18)(H,17,19). The van der Waals surface area contributed by atoms with Crippen LogP contribution < -0.4 is 16.4 Å². The Labute approximate surface area is 113 Å². The summed E-state index contributed by atoms with van der Waals surface area (Å²) in [5, 5.41) is 5.55. The minimum atomic E-state index is -0.607. The first-order chi connectivity index (χ1) is 8.76. The van der Waals surface area contributed by atoms with Gasteiger partial charge in [-0.1, -0.05) is 0 Å². The molecule has 0 radical (unpaired) electrons. The fourth-order valence-corrected chi connectivity index (χ4v) is 1.46. The zero-order valence-corrected chi connectivity index (χ0v) is 11.8. The average Bonchev–Trinajstić information content (AvgIpc) is 2.32. The molecule has 0 spiro atoms. The van der Waals surface area contributed by atoms with E-state index in [-0.39, 0.29) is 18.4 Å². The molecular formula is C14H21N3O2. The molecule has 1 rings (SSSR count). The van der Waals surface area contributed by atoms with Gasteiger partial charge in [-0.2, -0.15) is 0 Å². The van der Waals surface area contributed by atoms with Gasteiger partial charge in [0.15, 0.2) is 0 Å². The summed E-state index contributed by atoms with van der Waals surface area (Å²) < 4.78 is 0. The Balaban J connectivity index is 2.85. The molecule has 1 aromatic carbocycles. The summed E-state index contributed by atoms with van der Waals surface area (Å²) in [6.45, 7) is 7.19. The fraction of sp³-hybridized carbons (Fsp3) is 0.429. The first-order valence-electron chi connectivity index (χ1n) is 6.16. The summed E-state index contributed by atoms with van der Waals surface area (Å²) >= 11 is 0. The van der Waals surface area contributed by atoms with Crippen molar-refractivity contribution in [1.82, 2.24) is 0 Å². The summed E-state index contributed by atoms with van der Waals surface area (Å²) in [6, 6.07) is 5.33. The summed E-state index contributed by atoms with van der Waals surface area (Å²) in [5.41, 5.74) is 7.27. The predicted octanol–water partition coefficient (Wildman–Crippen LogP) is 1.88. The van der Waals surface area contributed by atoms with Crippen LogP contribution in [-0.2, 0) is 9.59 Å². The van der Waals surface area contributed by atoms with Crippen LogP contribution in [0.3, 0.4) is 0 Å². The molecule has 19 heavy (non-hydrogen) atoms. The van der Waals surface area contributed by atoms with E-state index < -0.39 is 5.41 Å². The molecule has 5 nitrogen and oxygen atoms in total. The number of carbonyl (C=O) groups excluding carboxylic acids is 2. The van der Waals surface area contributed by atoms with Gasteiger partial charge in [0.05, 0.1) is 5.41 Å². The van der Waals surface area contributed by atoms with E-state index in [0.717, 1.165) is 11.3 Å². The van der Waals surface area contributed by atoms with E-state index in [9.17, 15) is 9.59 Å². The molecule has 1 aromatic rings. The monoisotopic (exact) mass is 263 g/mol. The van der Waals surface area contributed by atoms with Gasteiger partial charge in [-0.05, 0) is 44.5 Å². The van der Waals surface area contributed by atoms with Crippen molar-refractivity contribution in [3.05, 3.63) is 23.8 Å². The molecule has 4 N–H and O–H groups in total. The molecule has 0 aliphatic rings. The number of amides is 2. The van der Waals surface area contributed by atoms with Gasteiger partial charge in [0, 0.05) is 24.8 Å². The van der Waals surface area contributed by atoms with Crippen LogP contribution in [0.4, 0.5) is 11.4 Å². The van der Waals surface area contributed by atoms with Crippen molar-refractivity contribution >= 4 is 23.2 Å². The summed E-state index contributed by atoms with van der Waals surface area (Å²) in [4.78, 5) is 23.0. The minimum Gasteiger partial charge on any atom is -0.329 e. The van der Waals surface area contributed by atoms with E-state index in [0.29, 0.717) is 5.69 Å². The van der Waals surface area contributed by atoms with E-state index in [1.54, 1.807) is 26.0 Å². The molecular weight excluding hydrogens is 242 g/mol. The average molecular weight is 263 g/mol. The van der Waals surface area contributed by atoms with Crippen molar-refractivity contribution in [1.29, 1.82) is 0 Å². The molecule has 104 valence electrons. The first-order valence-corrected chi connectivity index (χ1v) is 6.16. The zero-order valence-electron chi connectivity index (χ0n) is 11.8. The highest BCUT2D eigenvalue weighted by Crippen LogP contribution is 2.22.